The number of hydrogen-bond donors (Lipinski definition) is 1. The molecule has 0 bridgehead atoms. The van der Waals surface area contributed by atoms with E-state index in [9.17, 15) is 0 Å². The van der Waals surface area contributed by atoms with E-state index in [0.717, 1.165) is 5.92 Å². The highest BCUT2D eigenvalue weighted by Gasteiger charge is 2.26. The maximum Gasteiger partial charge on any atom is 0.00443 e. The van der Waals surface area contributed by atoms with Crippen molar-refractivity contribution < 1.29 is 0 Å². The van der Waals surface area contributed by atoms with E-state index in [1.807, 2.05) is 0 Å². The predicted molar refractivity (Wildman–Crippen MR) is 68.4 cm³/mol. The molecule has 0 heterocycles. The number of nitrogens with two attached hydrogens (primary N) is 1. The summed E-state index contributed by atoms with van der Waals surface area (Å²) in [6.45, 7) is 0. The largest absolute Gasteiger partial charge is 0.328 e. The Labute approximate surface area is 96.3 Å². The zero-order valence-electron chi connectivity index (χ0n) is 9.39. The molecule has 3 rings (SSSR count). The Hall–Kier alpha value is -1.34. The van der Waals surface area contributed by atoms with Gasteiger partial charge in [-0.3, -0.25) is 0 Å². The third-order valence-corrected chi connectivity index (χ3v) is 3.66. The summed E-state index contributed by atoms with van der Waals surface area (Å²) in [6.07, 6.45) is 3.58. The van der Waals surface area contributed by atoms with Crippen LogP contribution in [0.25, 0.3) is 10.8 Å². The zero-order valence-corrected chi connectivity index (χ0v) is 9.39. The highest BCUT2D eigenvalue weighted by molar-refractivity contribution is 5.85. The Morgan fingerprint density at radius 2 is 1.75 bits per heavy atom. The van der Waals surface area contributed by atoms with Crippen LogP contribution in [-0.4, -0.2) is 6.04 Å². The van der Waals surface area contributed by atoms with Crippen LogP contribution in [0, 0.1) is 5.92 Å². The Bertz CT molecular complexity index is 492. The minimum Gasteiger partial charge on any atom is -0.328 e. The summed E-state index contributed by atoms with van der Waals surface area (Å²) in [7, 11) is 0. The molecule has 0 spiro atoms. The number of rotatable bonds is 2. The van der Waals surface area contributed by atoms with E-state index in [1.165, 1.54) is 35.6 Å². The van der Waals surface area contributed by atoms with Crippen molar-refractivity contribution in [2.45, 2.75) is 25.3 Å². The van der Waals surface area contributed by atoms with Crippen LogP contribution in [0.2, 0.25) is 0 Å². The summed E-state index contributed by atoms with van der Waals surface area (Å²) in [5, 5.41) is 2.76. The maximum atomic E-state index is 5.84. The van der Waals surface area contributed by atoms with E-state index >= 15 is 0 Å². The molecule has 1 fully saturated rings. The van der Waals surface area contributed by atoms with Crippen LogP contribution in [-0.2, 0) is 6.42 Å². The molecule has 16 heavy (non-hydrogen) atoms. The van der Waals surface area contributed by atoms with Gasteiger partial charge in [-0.15, -0.1) is 0 Å². The third-order valence-electron chi connectivity index (χ3n) is 3.66. The first-order chi connectivity index (χ1) is 7.83. The summed E-state index contributed by atoms with van der Waals surface area (Å²) in [5.74, 6) is 0.806. The molecule has 0 aromatic heterocycles. The van der Waals surface area contributed by atoms with Crippen LogP contribution in [0.5, 0.6) is 0 Å². The highest BCUT2D eigenvalue weighted by Crippen LogP contribution is 2.31. The molecule has 1 saturated carbocycles. The third kappa shape index (κ3) is 1.72. The molecule has 0 radical (unpaired) electrons. The van der Waals surface area contributed by atoms with Crippen molar-refractivity contribution in [1.29, 1.82) is 0 Å². The van der Waals surface area contributed by atoms with Gasteiger partial charge < -0.3 is 5.73 Å². The Morgan fingerprint density at radius 3 is 2.56 bits per heavy atom. The van der Waals surface area contributed by atoms with Gasteiger partial charge in [0, 0.05) is 6.04 Å². The lowest BCUT2D eigenvalue weighted by atomic mass is 9.76. The molecule has 2 aromatic carbocycles. The van der Waals surface area contributed by atoms with Crippen molar-refractivity contribution >= 4 is 10.8 Å². The molecule has 1 heteroatoms. The summed E-state index contributed by atoms with van der Waals surface area (Å²) in [5.41, 5.74) is 7.32. The van der Waals surface area contributed by atoms with Crippen LogP contribution >= 0.6 is 0 Å². The van der Waals surface area contributed by atoms with Crippen LogP contribution < -0.4 is 5.73 Å². The van der Waals surface area contributed by atoms with E-state index in [0.29, 0.717) is 6.04 Å². The van der Waals surface area contributed by atoms with Crippen molar-refractivity contribution in [3.05, 3.63) is 48.0 Å². The van der Waals surface area contributed by atoms with E-state index in [4.69, 9.17) is 5.73 Å². The van der Waals surface area contributed by atoms with Gasteiger partial charge in [-0.25, -0.2) is 0 Å². The second-order valence-corrected chi connectivity index (χ2v) is 4.94. The summed E-state index contributed by atoms with van der Waals surface area (Å²) >= 11 is 0. The second-order valence-electron chi connectivity index (χ2n) is 4.94. The first-order valence-electron chi connectivity index (χ1n) is 6.05. The Morgan fingerprint density at radius 1 is 1.00 bits per heavy atom. The standard InChI is InChI=1S/C15H17N/c16-14-9-11(10-14)8-13-6-3-5-12-4-1-2-7-15(12)13/h1-7,11,14H,8-10,16H2. The summed E-state index contributed by atoms with van der Waals surface area (Å²) in [4.78, 5) is 0. The second kappa shape index (κ2) is 3.91. The smallest absolute Gasteiger partial charge is 0.00443 e. The quantitative estimate of drug-likeness (QED) is 0.811. The van der Waals surface area contributed by atoms with Gasteiger partial charge in [-0.2, -0.15) is 0 Å². The molecule has 1 aliphatic carbocycles. The minimum atomic E-state index is 0.458. The fourth-order valence-electron chi connectivity index (χ4n) is 2.74. The first-order valence-corrected chi connectivity index (χ1v) is 6.05. The van der Waals surface area contributed by atoms with Crippen LogP contribution in [0.15, 0.2) is 42.5 Å². The minimum absolute atomic E-state index is 0.458. The van der Waals surface area contributed by atoms with Gasteiger partial charge in [0.15, 0.2) is 0 Å². The zero-order chi connectivity index (χ0) is 11.0. The van der Waals surface area contributed by atoms with Crippen molar-refractivity contribution in [3.63, 3.8) is 0 Å². The van der Waals surface area contributed by atoms with Crippen LogP contribution in [0.3, 0.4) is 0 Å². The number of benzene rings is 2. The molecule has 2 aromatic rings. The molecule has 0 amide bonds. The Balaban J connectivity index is 1.91. The predicted octanol–water partition coefficient (Wildman–Crippen LogP) is 3.12. The van der Waals surface area contributed by atoms with Crippen molar-refractivity contribution in [2.75, 3.05) is 0 Å². The van der Waals surface area contributed by atoms with Crippen LogP contribution in [0.4, 0.5) is 0 Å². The number of hydrogen-bond acceptors (Lipinski definition) is 1. The summed E-state index contributed by atoms with van der Waals surface area (Å²) in [6, 6.07) is 15.7. The maximum absolute atomic E-state index is 5.84. The van der Waals surface area contributed by atoms with Gasteiger partial charge in [-0.05, 0) is 41.5 Å². The van der Waals surface area contributed by atoms with Crippen molar-refractivity contribution in [1.82, 2.24) is 0 Å². The topological polar surface area (TPSA) is 26.0 Å². The van der Waals surface area contributed by atoms with E-state index < -0.39 is 0 Å². The lowest BCUT2D eigenvalue weighted by Crippen LogP contribution is -2.37. The molecule has 0 unspecified atom stereocenters. The van der Waals surface area contributed by atoms with Gasteiger partial charge >= 0.3 is 0 Å². The number of fused-ring (bicyclic) bond motifs is 1. The molecule has 82 valence electrons. The molecule has 0 saturated heterocycles. The molecule has 1 nitrogen and oxygen atoms in total. The summed E-state index contributed by atoms with van der Waals surface area (Å²) < 4.78 is 0. The monoisotopic (exact) mass is 211 g/mol. The molecule has 1 aliphatic rings. The molecular weight excluding hydrogens is 194 g/mol. The fourth-order valence-corrected chi connectivity index (χ4v) is 2.74. The first kappa shape index (κ1) is 9.86. The van der Waals surface area contributed by atoms with E-state index in [-0.39, 0.29) is 0 Å². The van der Waals surface area contributed by atoms with Gasteiger partial charge in [0.2, 0.25) is 0 Å². The van der Waals surface area contributed by atoms with Gasteiger partial charge in [0.05, 0.1) is 0 Å². The lowest BCUT2D eigenvalue weighted by Gasteiger charge is -2.32. The van der Waals surface area contributed by atoms with Crippen LogP contribution in [0.1, 0.15) is 18.4 Å². The lowest BCUT2D eigenvalue weighted by molar-refractivity contribution is 0.265. The molecule has 0 atom stereocenters. The molecular formula is C15H17N. The Kier molecular flexibility index (Phi) is 2.41. The molecule has 0 aliphatic heterocycles. The van der Waals surface area contributed by atoms with Crippen molar-refractivity contribution in [2.24, 2.45) is 11.7 Å². The van der Waals surface area contributed by atoms with Gasteiger partial charge in [0.1, 0.15) is 0 Å². The van der Waals surface area contributed by atoms with E-state index in [2.05, 4.69) is 42.5 Å². The SMILES string of the molecule is NC1CC(Cc2cccc3ccccc23)C1. The van der Waals surface area contributed by atoms with Gasteiger partial charge in [0.25, 0.3) is 0 Å². The molecule has 2 N–H and O–H groups in total. The average Bonchev–Trinajstić information content (AvgIpc) is 2.27. The normalized spacial score (nSPS) is 24.3. The average molecular weight is 211 g/mol. The van der Waals surface area contributed by atoms with Gasteiger partial charge in [-0.1, -0.05) is 42.5 Å². The van der Waals surface area contributed by atoms with Crippen molar-refractivity contribution in [3.8, 4) is 0 Å². The fraction of sp³-hybridized carbons (Fsp3) is 0.333. The van der Waals surface area contributed by atoms with E-state index in [1.54, 1.807) is 0 Å². The highest BCUT2D eigenvalue weighted by atomic mass is 14.7.